The van der Waals surface area contributed by atoms with Crippen molar-refractivity contribution in [2.75, 3.05) is 19.8 Å². The highest BCUT2D eigenvalue weighted by Gasteiger charge is 2.23. The molecular formula is C13H18N2O3. The lowest BCUT2D eigenvalue weighted by molar-refractivity contribution is -0.126. The molecule has 2 heterocycles. The first-order valence-electron chi connectivity index (χ1n) is 6.12. The average molecular weight is 250 g/mol. The smallest absolute Gasteiger partial charge is 0.213 e. The summed E-state index contributed by atoms with van der Waals surface area (Å²) in [5.74, 6) is 0.600. The Morgan fingerprint density at radius 3 is 3.00 bits per heavy atom. The summed E-state index contributed by atoms with van der Waals surface area (Å²) in [6.45, 7) is 5.65. The molecule has 0 spiro atoms. The van der Waals surface area contributed by atoms with Crippen molar-refractivity contribution in [3.05, 3.63) is 23.9 Å². The van der Waals surface area contributed by atoms with Crippen LogP contribution in [0.25, 0.3) is 0 Å². The molecule has 5 nitrogen and oxygen atoms in total. The molecule has 0 unspecified atom stereocenters. The Hall–Kier alpha value is -1.62. The third-order valence-corrected chi connectivity index (χ3v) is 2.81. The van der Waals surface area contributed by atoms with Crippen LogP contribution in [-0.4, -0.2) is 42.2 Å². The number of rotatable bonds is 4. The first-order chi connectivity index (χ1) is 8.70. The fourth-order valence-electron chi connectivity index (χ4n) is 1.93. The zero-order valence-electron chi connectivity index (χ0n) is 10.7. The van der Waals surface area contributed by atoms with Crippen LogP contribution < -0.4 is 4.74 Å². The van der Waals surface area contributed by atoms with Crippen LogP contribution in [0.3, 0.4) is 0 Å². The van der Waals surface area contributed by atoms with Crippen molar-refractivity contribution in [1.29, 1.82) is 0 Å². The molecule has 0 N–H and O–H groups in total. The van der Waals surface area contributed by atoms with Crippen molar-refractivity contribution in [1.82, 2.24) is 9.88 Å². The molecule has 1 aromatic heterocycles. The van der Waals surface area contributed by atoms with Crippen LogP contribution in [0.2, 0.25) is 0 Å². The summed E-state index contributed by atoms with van der Waals surface area (Å²) in [7, 11) is 0. The molecule has 1 amide bonds. The molecule has 0 radical (unpaired) electrons. The Labute approximate surface area is 107 Å². The van der Waals surface area contributed by atoms with Gasteiger partial charge in [-0.2, -0.15) is 0 Å². The number of carbonyl (C=O) groups is 1. The van der Waals surface area contributed by atoms with Gasteiger partial charge in [-0.3, -0.25) is 4.79 Å². The second-order valence-electron chi connectivity index (χ2n) is 4.53. The van der Waals surface area contributed by atoms with Crippen molar-refractivity contribution in [2.45, 2.75) is 26.0 Å². The van der Waals surface area contributed by atoms with Crippen molar-refractivity contribution in [3.8, 4) is 5.88 Å². The van der Waals surface area contributed by atoms with Gasteiger partial charge in [-0.25, -0.2) is 4.98 Å². The fraction of sp³-hybridized carbons (Fsp3) is 0.538. The number of morpholine rings is 1. The van der Waals surface area contributed by atoms with Crippen LogP contribution in [0.5, 0.6) is 5.88 Å². The molecule has 1 aliphatic rings. The molecule has 2 rings (SSSR count). The van der Waals surface area contributed by atoms with E-state index in [1.54, 1.807) is 11.1 Å². The first-order valence-corrected chi connectivity index (χ1v) is 6.12. The van der Waals surface area contributed by atoms with Crippen LogP contribution in [0.15, 0.2) is 18.3 Å². The van der Waals surface area contributed by atoms with Crippen LogP contribution in [0, 0.1) is 0 Å². The van der Waals surface area contributed by atoms with Gasteiger partial charge in [0.05, 0.1) is 25.4 Å². The number of nitrogens with zero attached hydrogens (tertiary/aromatic N) is 2. The van der Waals surface area contributed by atoms with Crippen LogP contribution in [0.1, 0.15) is 25.5 Å². The van der Waals surface area contributed by atoms with Crippen molar-refractivity contribution < 1.29 is 14.3 Å². The van der Waals surface area contributed by atoms with Gasteiger partial charge < -0.3 is 14.4 Å². The highest BCUT2D eigenvalue weighted by Crippen LogP contribution is 2.23. The number of aromatic nitrogens is 1. The zero-order chi connectivity index (χ0) is 13.0. The topological polar surface area (TPSA) is 51.7 Å². The van der Waals surface area contributed by atoms with E-state index in [-0.39, 0.29) is 12.1 Å². The number of pyridine rings is 1. The molecule has 1 atom stereocenters. The molecule has 1 aliphatic heterocycles. The van der Waals surface area contributed by atoms with E-state index in [9.17, 15) is 4.79 Å². The minimum absolute atomic E-state index is 0.0446. The molecule has 0 aromatic carbocycles. The standard InChI is InChI=1S/C13H18N2O3/c1-10(2)18-13-4-3-11(7-14-13)12-8-17-6-5-15(12)9-16/h3-4,7,9-10,12H,5-6,8H2,1-2H3/t12-/m0/s1. The Bertz CT molecular complexity index is 392. The van der Waals surface area contributed by atoms with E-state index in [2.05, 4.69) is 4.98 Å². The lowest BCUT2D eigenvalue weighted by Gasteiger charge is -2.32. The number of ether oxygens (including phenoxy) is 2. The van der Waals surface area contributed by atoms with Crippen molar-refractivity contribution >= 4 is 6.41 Å². The van der Waals surface area contributed by atoms with Crippen molar-refractivity contribution in [3.63, 3.8) is 0 Å². The molecule has 1 fully saturated rings. The zero-order valence-corrected chi connectivity index (χ0v) is 10.7. The van der Waals surface area contributed by atoms with E-state index in [0.717, 1.165) is 12.0 Å². The van der Waals surface area contributed by atoms with E-state index < -0.39 is 0 Å². The lowest BCUT2D eigenvalue weighted by Crippen LogP contribution is -2.38. The highest BCUT2D eigenvalue weighted by atomic mass is 16.5. The molecule has 5 heteroatoms. The molecule has 98 valence electrons. The summed E-state index contributed by atoms with van der Waals surface area (Å²) in [5.41, 5.74) is 0.970. The van der Waals surface area contributed by atoms with Gasteiger partial charge in [-0.1, -0.05) is 0 Å². The van der Waals surface area contributed by atoms with Gasteiger partial charge >= 0.3 is 0 Å². The number of carbonyl (C=O) groups excluding carboxylic acids is 1. The number of hydrogen-bond acceptors (Lipinski definition) is 4. The average Bonchev–Trinajstić information content (AvgIpc) is 2.39. The van der Waals surface area contributed by atoms with Crippen LogP contribution in [0.4, 0.5) is 0 Å². The Kier molecular flexibility index (Phi) is 4.15. The molecule has 1 saturated heterocycles. The summed E-state index contributed by atoms with van der Waals surface area (Å²) in [6.07, 6.45) is 2.71. The molecule has 18 heavy (non-hydrogen) atoms. The molecule has 0 aliphatic carbocycles. The monoisotopic (exact) mass is 250 g/mol. The predicted molar refractivity (Wildman–Crippen MR) is 66.3 cm³/mol. The first kappa shape index (κ1) is 12.8. The van der Waals surface area contributed by atoms with E-state index in [1.807, 2.05) is 26.0 Å². The second kappa shape index (κ2) is 5.82. The summed E-state index contributed by atoms with van der Waals surface area (Å²) < 4.78 is 10.9. The second-order valence-corrected chi connectivity index (χ2v) is 4.53. The van der Waals surface area contributed by atoms with Gasteiger partial charge in [-0.05, 0) is 25.5 Å². The Morgan fingerprint density at radius 1 is 1.56 bits per heavy atom. The maximum atomic E-state index is 11.0. The van der Waals surface area contributed by atoms with Gasteiger partial charge in [0.15, 0.2) is 0 Å². The predicted octanol–water partition coefficient (Wildman–Crippen LogP) is 1.40. The van der Waals surface area contributed by atoms with Crippen LogP contribution >= 0.6 is 0 Å². The van der Waals surface area contributed by atoms with E-state index in [0.29, 0.717) is 25.6 Å². The van der Waals surface area contributed by atoms with Gasteiger partial charge in [0.2, 0.25) is 12.3 Å². The third-order valence-electron chi connectivity index (χ3n) is 2.81. The highest BCUT2D eigenvalue weighted by molar-refractivity contribution is 5.49. The minimum Gasteiger partial charge on any atom is -0.475 e. The lowest BCUT2D eigenvalue weighted by atomic mass is 10.1. The maximum absolute atomic E-state index is 11.0. The SMILES string of the molecule is CC(C)Oc1ccc([C@@H]2COCCN2C=O)cn1. The van der Waals surface area contributed by atoms with Crippen molar-refractivity contribution in [2.24, 2.45) is 0 Å². The molecule has 0 bridgehead atoms. The summed E-state index contributed by atoms with van der Waals surface area (Å²) in [6, 6.07) is 3.71. The van der Waals surface area contributed by atoms with Gasteiger partial charge in [0.1, 0.15) is 0 Å². The quantitative estimate of drug-likeness (QED) is 0.758. The largest absolute Gasteiger partial charge is 0.475 e. The summed E-state index contributed by atoms with van der Waals surface area (Å²) >= 11 is 0. The summed E-state index contributed by atoms with van der Waals surface area (Å²) in [4.78, 5) is 17.0. The van der Waals surface area contributed by atoms with E-state index >= 15 is 0 Å². The maximum Gasteiger partial charge on any atom is 0.213 e. The Morgan fingerprint density at radius 2 is 2.39 bits per heavy atom. The van der Waals surface area contributed by atoms with Gasteiger partial charge in [0, 0.05) is 18.8 Å². The molecule has 0 saturated carbocycles. The normalized spacial score (nSPS) is 19.9. The molecular weight excluding hydrogens is 232 g/mol. The minimum atomic E-state index is -0.0446. The summed E-state index contributed by atoms with van der Waals surface area (Å²) in [5, 5.41) is 0. The van der Waals surface area contributed by atoms with Crippen LogP contribution in [-0.2, 0) is 9.53 Å². The Balaban J connectivity index is 2.10. The third kappa shape index (κ3) is 2.98. The number of amides is 1. The fourth-order valence-corrected chi connectivity index (χ4v) is 1.93. The number of hydrogen-bond donors (Lipinski definition) is 0. The van der Waals surface area contributed by atoms with Gasteiger partial charge in [-0.15, -0.1) is 0 Å². The van der Waals surface area contributed by atoms with E-state index in [4.69, 9.17) is 9.47 Å². The van der Waals surface area contributed by atoms with Gasteiger partial charge in [0.25, 0.3) is 0 Å². The molecule has 1 aromatic rings. The van der Waals surface area contributed by atoms with E-state index in [1.165, 1.54) is 0 Å².